The van der Waals surface area contributed by atoms with Gasteiger partial charge in [0.25, 0.3) is 0 Å². The van der Waals surface area contributed by atoms with E-state index >= 15 is 0 Å². The summed E-state index contributed by atoms with van der Waals surface area (Å²) in [5.41, 5.74) is 6.81. The Morgan fingerprint density at radius 1 is 1.47 bits per heavy atom. The first-order valence-electron chi connectivity index (χ1n) is 6.07. The zero-order chi connectivity index (χ0) is 14.6. The number of anilines is 1. The molecule has 1 aromatic rings. The van der Waals surface area contributed by atoms with Crippen molar-refractivity contribution in [3.63, 3.8) is 0 Å². The van der Waals surface area contributed by atoms with Crippen LogP contribution in [0.3, 0.4) is 0 Å². The Morgan fingerprint density at radius 2 is 2.11 bits per heavy atom. The third-order valence-electron chi connectivity index (χ3n) is 2.91. The fraction of sp³-hybridized carbons (Fsp3) is 0.462. The number of nitrogen functional groups attached to an aromatic ring is 1. The SMILES string of the molecule is CCc1ccc(N)cc1S(=O)(=O)N(C)CC(C)C#N. The summed E-state index contributed by atoms with van der Waals surface area (Å²) in [6.07, 6.45) is 0.608. The summed E-state index contributed by atoms with van der Waals surface area (Å²) in [4.78, 5) is 0.225. The average Bonchev–Trinajstić information content (AvgIpc) is 2.38. The summed E-state index contributed by atoms with van der Waals surface area (Å²) in [6.45, 7) is 3.74. The molecular formula is C13H19N3O2S. The molecule has 1 unspecified atom stereocenters. The van der Waals surface area contributed by atoms with Crippen molar-refractivity contribution >= 4 is 15.7 Å². The molecule has 0 aliphatic carbocycles. The number of nitrogens with two attached hydrogens (primary N) is 1. The lowest BCUT2D eigenvalue weighted by Gasteiger charge is -2.20. The van der Waals surface area contributed by atoms with Crippen molar-refractivity contribution < 1.29 is 8.42 Å². The summed E-state index contributed by atoms with van der Waals surface area (Å²) in [5.74, 6) is -0.356. The lowest BCUT2D eigenvalue weighted by Crippen LogP contribution is -2.31. The summed E-state index contributed by atoms with van der Waals surface area (Å²) < 4.78 is 26.2. The zero-order valence-electron chi connectivity index (χ0n) is 11.4. The van der Waals surface area contributed by atoms with Gasteiger partial charge in [-0.05, 0) is 31.0 Å². The van der Waals surface area contributed by atoms with Crippen LogP contribution in [0.4, 0.5) is 5.69 Å². The van der Waals surface area contributed by atoms with E-state index in [2.05, 4.69) is 0 Å². The lowest BCUT2D eigenvalue weighted by atomic mass is 10.1. The highest BCUT2D eigenvalue weighted by molar-refractivity contribution is 7.89. The normalized spacial score (nSPS) is 13.2. The second kappa shape index (κ2) is 6.04. The van der Waals surface area contributed by atoms with Crippen LogP contribution in [0.2, 0.25) is 0 Å². The Hall–Kier alpha value is -1.58. The molecule has 0 bridgehead atoms. The number of nitrogens with zero attached hydrogens (tertiary/aromatic N) is 2. The van der Waals surface area contributed by atoms with E-state index in [1.807, 2.05) is 13.0 Å². The summed E-state index contributed by atoms with van der Waals surface area (Å²) in [5, 5.41) is 8.77. The van der Waals surface area contributed by atoms with E-state index in [-0.39, 0.29) is 17.4 Å². The molecule has 19 heavy (non-hydrogen) atoms. The maximum Gasteiger partial charge on any atom is 0.243 e. The van der Waals surface area contributed by atoms with Crippen LogP contribution in [-0.2, 0) is 16.4 Å². The summed E-state index contributed by atoms with van der Waals surface area (Å²) >= 11 is 0. The van der Waals surface area contributed by atoms with E-state index in [1.165, 1.54) is 17.4 Å². The highest BCUT2D eigenvalue weighted by Gasteiger charge is 2.24. The smallest absolute Gasteiger partial charge is 0.243 e. The van der Waals surface area contributed by atoms with Crippen LogP contribution in [0, 0.1) is 17.2 Å². The molecule has 6 heteroatoms. The zero-order valence-corrected chi connectivity index (χ0v) is 12.2. The Labute approximate surface area is 114 Å². The van der Waals surface area contributed by atoms with Crippen LogP contribution in [0.15, 0.2) is 23.1 Å². The lowest BCUT2D eigenvalue weighted by molar-refractivity contribution is 0.438. The van der Waals surface area contributed by atoms with Gasteiger partial charge in [0.2, 0.25) is 10.0 Å². The molecular weight excluding hydrogens is 262 g/mol. The van der Waals surface area contributed by atoms with E-state index in [0.29, 0.717) is 12.1 Å². The van der Waals surface area contributed by atoms with Crippen LogP contribution in [0.25, 0.3) is 0 Å². The number of nitriles is 1. The largest absolute Gasteiger partial charge is 0.399 e. The molecule has 0 spiro atoms. The van der Waals surface area contributed by atoms with Gasteiger partial charge in [0.15, 0.2) is 0 Å². The molecule has 0 saturated heterocycles. The van der Waals surface area contributed by atoms with Crippen molar-refractivity contribution in [3.05, 3.63) is 23.8 Å². The first-order chi connectivity index (χ1) is 8.82. The molecule has 0 heterocycles. The molecule has 5 nitrogen and oxygen atoms in total. The second-order valence-corrected chi connectivity index (χ2v) is 6.55. The molecule has 0 aromatic heterocycles. The van der Waals surface area contributed by atoms with Gasteiger partial charge in [-0.2, -0.15) is 9.57 Å². The fourth-order valence-corrected chi connectivity index (χ4v) is 3.38. The van der Waals surface area contributed by atoms with Crippen molar-refractivity contribution in [2.24, 2.45) is 5.92 Å². The van der Waals surface area contributed by atoms with E-state index in [0.717, 1.165) is 5.56 Å². The third kappa shape index (κ3) is 3.46. The first-order valence-corrected chi connectivity index (χ1v) is 7.51. The highest BCUT2D eigenvalue weighted by atomic mass is 32.2. The number of aryl methyl sites for hydroxylation is 1. The second-order valence-electron chi connectivity index (χ2n) is 4.54. The molecule has 1 atom stereocenters. The Morgan fingerprint density at radius 3 is 2.63 bits per heavy atom. The average molecular weight is 281 g/mol. The molecule has 0 fully saturated rings. The Balaban J connectivity index is 3.20. The van der Waals surface area contributed by atoms with Gasteiger partial charge in [0.1, 0.15) is 0 Å². The Kier molecular flexibility index (Phi) is 4.92. The topological polar surface area (TPSA) is 87.2 Å². The third-order valence-corrected chi connectivity index (χ3v) is 4.82. The van der Waals surface area contributed by atoms with Gasteiger partial charge in [-0.3, -0.25) is 0 Å². The molecule has 0 amide bonds. The Bertz CT molecular complexity index is 590. The van der Waals surface area contributed by atoms with Crippen molar-refractivity contribution in [2.75, 3.05) is 19.3 Å². The number of hydrogen-bond donors (Lipinski definition) is 1. The van der Waals surface area contributed by atoms with Crippen LogP contribution in [0.5, 0.6) is 0 Å². The van der Waals surface area contributed by atoms with Gasteiger partial charge in [0.05, 0.1) is 16.9 Å². The molecule has 0 saturated carbocycles. The quantitative estimate of drug-likeness (QED) is 0.831. The van der Waals surface area contributed by atoms with Gasteiger partial charge < -0.3 is 5.73 Å². The highest BCUT2D eigenvalue weighted by Crippen LogP contribution is 2.23. The van der Waals surface area contributed by atoms with Gasteiger partial charge in [-0.1, -0.05) is 13.0 Å². The molecule has 104 valence electrons. The number of sulfonamides is 1. The fourth-order valence-electron chi connectivity index (χ4n) is 1.80. The van der Waals surface area contributed by atoms with Crippen LogP contribution in [0.1, 0.15) is 19.4 Å². The van der Waals surface area contributed by atoms with E-state index in [4.69, 9.17) is 11.0 Å². The van der Waals surface area contributed by atoms with E-state index < -0.39 is 10.0 Å². The van der Waals surface area contributed by atoms with Crippen molar-refractivity contribution in [1.29, 1.82) is 5.26 Å². The van der Waals surface area contributed by atoms with Crippen LogP contribution >= 0.6 is 0 Å². The predicted octanol–water partition coefficient (Wildman–Crippen LogP) is 1.61. The van der Waals surface area contributed by atoms with E-state index in [9.17, 15) is 8.42 Å². The van der Waals surface area contributed by atoms with E-state index in [1.54, 1.807) is 19.1 Å². The minimum absolute atomic E-state index is 0.163. The van der Waals surface area contributed by atoms with Crippen molar-refractivity contribution in [1.82, 2.24) is 4.31 Å². The first kappa shape index (κ1) is 15.5. The summed E-state index contributed by atoms with van der Waals surface area (Å²) in [6, 6.07) is 6.92. The van der Waals surface area contributed by atoms with Gasteiger partial charge in [-0.15, -0.1) is 0 Å². The molecule has 1 rings (SSSR count). The molecule has 0 aliphatic rings. The maximum absolute atomic E-state index is 12.5. The van der Waals surface area contributed by atoms with Gasteiger partial charge in [0, 0.05) is 19.3 Å². The minimum atomic E-state index is -3.61. The molecule has 0 aliphatic heterocycles. The van der Waals surface area contributed by atoms with Crippen molar-refractivity contribution in [3.8, 4) is 6.07 Å². The summed E-state index contributed by atoms with van der Waals surface area (Å²) in [7, 11) is -2.13. The monoisotopic (exact) mass is 281 g/mol. The number of rotatable bonds is 5. The minimum Gasteiger partial charge on any atom is -0.399 e. The molecule has 0 radical (unpaired) electrons. The predicted molar refractivity (Wildman–Crippen MR) is 74.8 cm³/mol. The molecule has 2 N–H and O–H groups in total. The van der Waals surface area contributed by atoms with Gasteiger partial charge >= 0.3 is 0 Å². The molecule has 1 aromatic carbocycles. The van der Waals surface area contributed by atoms with Gasteiger partial charge in [-0.25, -0.2) is 8.42 Å². The number of benzene rings is 1. The maximum atomic E-state index is 12.5. The van der Waals surface area contributed by atoms with Crippen LogP contribution in [-0.4, -0.2) is 26.3 Å². The van der Waals surface area contributed by atoms with Crippen molar-refractivity contribution in [2.45, 2.75) is 25.2 Å². The standard InChI is InChI=1S/C13H19N3O2S/c1-4-11-5-6-12(15)7-13(11)19(17,18)16(3)9-10(2)8-14/h5-7,10H,4,9,15H2,1-3H3. The van der Waals surface area contributed by atoms with Crippen LogP contribution < -0.4 is 5.73 Å². The number of hydrogen-bond acceptors (Lipinski definition) is 4.